The van der Waals surface area contributed by atoms with E-state index < -0.39 is 41.1 Å². The third-order valence-corrected chi connectivity index (χ3v) is 4.22. The summed E-state index contributed by atoms with van der Waals surface area (Å²) in [5.41, 5.74) is -1.41. The monoisotopic (exact) mass is 475 g/mol. The number of nitro groups is 1. The van der Waals surface area contributed by atoms with Crippen molar-refractivity contribution < 1.29 is 41.9 Å². The Bertz CT molecular complexity index is 1030. The van der Waals surface area contributed by atoms with Crippen LogP contribution < -0.4 is 4.74 Å². The molecule has 0 fully saturated rings. The molecule has 1 atom stereocenters. The lowest BCUT2D eigenvalue weighted by atomic mass is 10.1. The van der Waals surface area contributed by atoms with E-state index in [0.29, 0.717) is 6.07 Å². The smallest absolute Gasteiger partial charge is 0.416 e. The van der Waals surface area contributed by atoms with E-state index in [9.17, 15) is 32.9 Å². The van der Waals surface area contributed by atoms with Gasteiger partial charge in [-0.15, -0.1) is 0 Å². The third kappa shape index (κ3) is 7.12. The fourth-order valence-corrected chi connectivity index (χ4v) is 2.74. The number of halogens is 4. The number of carbonyl (C=O) groups excluding carboxylic acids is 2. The maximum atomic E-state index is 12.8. The topological polar surface area (TPSA) is 105 Å². The van der Waals surface area contributed by atoms with Gasteiger partial charge in [-0.3, -0.25) is 19.7 Å². The minimum atomic E-state index is -4.59. The number of nitrogens with zero attached hydrogens (tertiary/aromatic N) is 1. The van der Waals surface area contributed by atoms with E-state index in [1.807, 2.05) is 0 Å². The van der Waals surface area contributed by atoms with Crippen molar-refractivity contribution in [1.29, 1.82) is 0 Å². The van der Waals surface area contributed by atoms with Crippen molar-refractivity contribution in [2.75, 3.05) is 6.61 Å². The number of esters is 2. The normalized spacial score (nSPS) is 12.1. The van der Waals surface area contributed by atoms with Crippen LogP contribution in [0.5, 0.6) is 11.5 Å². The Balaban J connectivity index is 2.20. The van der Waals surface area contributed by atoms with Gasteiger partial charge in [-0.2, -0.15) is 13.2 Å². The largest absolute Gasteiger partial charge is 0.462 e. The fourth-order valence-electron chi connectivity index (χ4n) is 2.52. The van der Waals surface area contributed by atoms with Crippen molar-refractivity contribution in [1.82, 2.24) is 0 Å². The Morgan fingerprint density at radius 3 is 2.44 bits per heavy atom. The lowest BCUT2D eigenvalue weighted by Crippen LogP contribution is -2.22. The molecule has 0 radical (unpaired) electrons. The SMILES string of the molecule is CC(=O)OCC(C)OC(=O)Cc1cc(Oc2ccc(C(F)(F)F)cc2Cl)ccc1[N+](=O)[O-]. The number of nitro benzene ring substituents is 1. The first-order valence-electron chi connectivity index (χ1n) is 9.01. The Kier molecular flexibility index (Phi) is 8.03. The molecule has 0 spiro atoms. The number of hydrogen-bond donors (Lipinski definition) is 0. The molecule has 0 saturated carbocycles. The number of alkyl halides is 3. The quantitative estimate of drug-likeness (QED) is 0.297. The highest BCUT2D eigenvalue weighted by Gasteiger charge is 2.31. The molecule has 0 aliphatic rings. The van der Waals surface area contributed by atoms with Crippen molar-refractivity contribution in [3.63, 3.8) is 0 Å². The molecular weight excluding hydrogens is 459 g/mol. The van der Waals surface area contributed by atoms with Crippen LogP contribution in [0.2, 0.25) is 5.02 Å². The van der Waals surface area contributed by atoms with Crippen molar-refractivity contribution in [3.05, 3.63) is 62.7 Å². The van der Waals surface area contributed by atoms with Gasteiger partial charge in [0.2, 0.25) is 0 Å². The summed E-state index contributed by atoms with van der Waals surface area (Å²) < 4.78 is 53.5. The summed E-state index contributed by atoms with van der Waals surface area (Å²) in [4.78, 5) is 33.5. The summed E-state index contributed by atoms with van der Waals surface area (Å²) in [6, 6.07) is 5.95. The molecule has 0 aromatic heterocycles. The molecule has 32 heavy (non-hydrogen) atoms. The first-order valence-corrected chi connectivity index (χ1v) is 9.39. The zero-order valence-electron chi connectivity index (χ0n) is 16.8. The number of benzene rings is 2. The molecule has 8 nitrogen and oxygen atoms in total. The molecule has 2 aromatic rings. The molecule has 2 aromatic carbocycles. The van der Waals surface area contributed by atoms with Gasteiger partial charge in [0.25, 0.3) is 5.69 Å². The first kappa shape index (κ1) is 24.9. The number of ether oxygens (including phenoxy) is 3. The highest BCUT2D eigenvalue weighted by Crippen LogP contribution is 2.37. The second-order valence-corrected chi connectivity index (χ2v) is 6.98. The van der Waals surface area contributed by atoms with Gasteiger partial charge in [0.1, 0.15) is 24.2 Å². The molecule has 0 aliphatic heterocycles. The lowest BCUT2D eigenvalue weighted by molar-refractivity contribution is -0.385. The van der Waals surface area contributed by atoms with E-state index >= 15 is 0 Å². The van der Waals surface area contributed by atoms with Crippen LogP contribution >= 0.6 is 11.6 Å². The van der Waals surface area contributed by atoms with Crippen molar-refractivity contribution in [3.8, 4) is 11.5 Å². The Morgan fingerprint density at radius 2 is 1.88 bits per heavy atom. The van der Waals surface area contributed by atoms with Crippen LogP contribution in [0, 0.1) is 10.1 Å². The van der Waals surface area contributed by atoms with E-state index in [0.717, 1.165) is 18.2 Å². The highest BCUT2D eigenvalue weighted by atomic mass is 35.5. The summed E-state index contributed by atoms with van der Waals surface area (Å²) >= 11 is 5.86. The predicted molar refractivity (Wildman–Crippen MR) is 106 cm³/mol. The maximum absolute atomic E-state index is 12.8. The summed E-state index contributed by atoms with van der Waals surface area (Å²) in [6.07, 6.45) is -5.87. The lowest BCUT2D eigenvalue weighted by Gasteiger charge is -2.14. The minimum absolute atomic E-state index is 0.00743. The average Bonchev–Trinajstić information content (AvgIpc) is 2.67. The Hall–Kier alpha value is -3.34. The number of carbonyl (C=O) groups is 2. The van der Waals surface area contributed by atoms with E-state index in [1.54, 1.807) is 0 Å². The van der Waals surface area contributed by atoms with Gasteiger partial charge in [-0.05, 0) is 37.3 Å². The van der Waals surface area contributed by atoms with Crippen LogP contribution in [0.25, 0.3) is 0 Å². The zero-order valence-corrected chi connectivity index (χ0v) is 17.5. The highest BCUT2D eigenvalue weighted by molar-refractivity contribution is 6.32. The summed E-state index contributed by atoms with van der Waals surface area (Å²) in [5.74, 6) is -1.49. The van der Waals surface area contributed by atoms with E-state index in [1.165, 1.54) is 26.0 Å². The van der Waals surface area contributed by atoms with Crippen molar-refractivity contribution in [2.45, 2.75) is 32.5 Å². The molecule has 0 heterocycles. The number of rotatable bonds is 8. The molecule has 2 rings (SSSR count). The van der Waals surface area contributed by atoms with Crippen LogP contribution in [0.15, 0.2) is 36.4 Å². The van der Waals surface area contributed by atoms with Crippen LogP contribution in [-0.2, 0) is 31.7 Å². The second kappa shape index (κ2) is 10.3. The Morgan fingerprint density at radius 1 is 1.19 bits per heavy atom. The summed E-state index contributed by atoms with van der Waals surface area (Å²) in [5, 5.41) is 11.0. The molecule has 0 amide bonds. The standard InChI is InChI=1S/C20H17ClF3NO7/c1-11(10-30-12(2)26)31-19(27)8-13-7-15(4-5-17(13)25(28)29)32-18-6-3-14(9-16(18)21)20(22,23)24/h3-7,9,11H,8,10H2,1-2H3. The summed E-state index contributed by atoms with van der Waals surface area (Å²) in [6.45, 7) is 2.48. The molecule has 172 valence electrons. The van der Waals surface area contributed by atoms with Gasteiger partial charge < -0.3 is 14.2 Å². The molecule has 0 bridgehead atoms. The van der Waals surface area contributed by atoms with Gasteiger partial charge in [0.05, 0.1) is 21.9 Å². The molecule has 12 heteroatoms. The van der Waals surface area contributed by atoms with Gasteiger partial charge >= 0.3 is 18.1 Å². The average molecular weight is 476 g/mol. The van der Waals surface area contributed by atoms with Gasteiger partial charge in [0.15, 0.2) is 0 Å². The fraction of sp³-hybridized carbons (Fsp3) is 0.300. The zero-order chi connectivity index (χ0) is 24.1. The second-order valence-electron chi connectivity index (χ2n) is 6.57. The number of hydrogen-bond acceptors (Lipinski definition) is 7. The van der Waals surface area contributed by atoms with Crippen LogP contribution in [-0.4, -0.2) is 29.6 Å². The van der Waals surface area contributed by atoms with Crippen molar-refractivity contribution in [2.24, 2.45) is 0 Å². The molecule has 0 saturated heterocycles. The molecular formula is C20H17ClF3NO7. The summed E-state index contributed by atoms with van der Waals surface area (Å²) in [7, 11) is 0. The van der Waals surface area contributed by atoms with Crippen LogP contribution in [0.4, 0.5) is 18.9 Å². The first-order chi connectivity index (χ1) is 14.9. The van der Waals surface area contributed by atoms with E-state index in [2.05, 4.69) is 0 Å². The van der Waals surface area contributed by atoms with Crippen LogP contribution in [0.3, 0.4) is 0 Å². The molecule has 0 aliphatic carbocycles. The third-order valence-electron chi connectivity index (χ3n) is 3.92. The minimum Gasteiger partial charge on any atom is -0.462 e. The van der Waals surface area contributed by atoms with Gasteiger partial charge in [0, 0.05) is 18.6 Å². The molecule has 1 unspecified atom stereocenters. The van der Waals surface area contributed by atoms with Gasteiger partial charge in [-0.25, -0.2) is 0 Å². The van der Waals surface area contributed by atoms with Crippen LogP contribution in [0.1, 0.15) is 25.0 Å². The van der Waals surface area contributed by atoms with E-state index in [-0.39, 0.29) is 34.4 Å². The maximum Gasteiger partial charge on any atom is 0.416 e. The molecule has 0 N–H and O–H groups in total. The predicted octanol–water partition coefficient (Wildman–Crippen LogP) is 5.10. The Labute approximate surface area is 185 Å². The van der Waals surface area contributed by atoms with E-state index in [4.69, 9.17) is 25.8 Å². The van der Waals surface area contributed by atoms with Gasteiger partial charge in [-0.1, -0.05) is 11.6 Å². The van der Waals surface area contributed by atoms with Crippen molar-refractivity contribution >= 4 is 29.2 Å².